The SMILES string of the molecule is COc1ccc(S(=O)(=O)NCC(c2cccs2)N2CCCC2)cc1[N+](=O)[O-]. The number of nitro groups is 1. The molecule has 0 spiro atoms. The second kappa shape index (κ2) is 8.34. The number of hydrogen-bond donors (Lipinski definition) is 1. The number of ether oxygens (including phenoxy) is 1. The second-order valence-electron chi connectivity index (χ2n) is 6.22. The van der Waals surface area contributed by atoms with Crippen molar-refractivity contribution in [2.45, 2.75) is 23.8 Å². The molecule has 10 heteroatoms. The van der Waals surface area contributed by atoms with Gasteiger partial charge in [0.1, 0.15) is 0 Å². The van der Waals surface area contributed by atoms with E-state index in [9.17, 15) is 18.5 Å². The molecule has 0 bridgehead atoms. The van der Waals surface area contributed by atoms with Gasteiger partial charge in [-0.3, -0.25) is 15.0 Å². The van der Waals surface area contributed by atoms with Gasteiger partial charge in [-0.2, -0.15) is 0 Å². The third kappa shape index (κ3) is 4.46. The molecule has 1 aromatic carbocycles. The zero-order valence-corrected chi connectivity index (χ0v) is 16.5. The van der Waals surface area contributed by atoms with Crippen LogP contribution in [0.4, 0.5) is 5.69 Å². The topological polar surface area (TPSA) is 102 Å². The van der Waals surface area contributed by atoms with Crippen LogP contribution in [0.15, 0.2) is 40.6 Å². The molecule has 1 aliphatic rings. The van der Waals surface area contributed by atoms with Crippen molar-refractivity contribution in [3.63, 3.8) is 0 Å². The maximum atomic E-state index is 12.7. The van der Waals surface area contributed by atoms with E-state index in [0.717, 1.165) is 36.9 Å². The Kier molecular flexibility index (Phi) is 6.10. The lowest BCUT2D eigenvalue weighted by atomic mass is 10.2. The average Bonchev–Trinajstić information content (AvgIpc) is 3.35. The smallest absolute Gasteiger partial charge is 0.312 e. The summed E-state index contributed by atoms with van der Waals surface area (Å²) in [6.07, 6.45) is 2.19. The highest BCUT2D eigenvalue weighted by molar-refractivity contribution is 7.89. The Morgan fingerprint density at radius 1 is 1.33 bits per heavy atom. The first-order valence-corrected chi connectivity index (χ1v) is 10.9. The Bertz CT molecular complexity index is 893. The fourth-order valence-corrected chi connectivity index (χ4v) is 5.11. The number of sulfonamides is 1. The Morgan fingerprint density at radius 2 is 2.07 bits per heavy atom. The zero-order valence-electron chi connectivity index (χ0n) is 14.8. The predicted molar refractivity (Wildman–Crippen MR) is 103 cm³/mol. The highest BCUT2D eigenvalue weighted by atomic mass is 32.2. The van der Waals surface area contributed by atoms with Gasteiger partial charge < -0.3 is 4.74 Å². The van der Waals surface area contributed by atoms with Crippen molar-refractivity contribution in [2.75, 3.05) is 26.7 Å². The van der Waals surface area contributed by atoms with E-state index >= 15 is 0 Å². The maximum absolute atomic E-state index is 12.7. The average molecular weight is 412 g/mol. The van der Waals surface area contributed by atoms with Crippen LogP contribution in [0.1, 0.15) is 23.8 Å². The van der Waals surface area contributed by atoms with Gasteiger partial charge in [0, 0.05) is 17.5 Å². The summed E-state index contributed by atoms with van der Waals surface area (Å²) >= 11 is 1.59. The zero-order chi connectivity index (χ0) is 19.4. The summed E-state index contributed by atoms with van der Waals surface area (Å²) in [4.78, 5) is 13.7. The third-order valence-electron chi connectivity index (χ3n) is 4.58. The van der Waals surface area contributed by atoms with Crippen molar-refractivity contribution in [1.82, 2.24) is 9.62 Å². The number of nitro benzene ring substituents is 1. The molecule has 0 radical (unpaired) electrons. The minimum absolute atomic E-state index is 0.0208. The first kappa shape index (κ1) is 19.7. The van der Waals surface area contributed by atoms with Gasteiger partial charge in [-0.05, 0) is 49.5 Å². The summed E-state index contributed by atoms with van der Waals surface area (Å²) in [5.41, 5.74) is -0.380. The Balaban J connectivity index is 1.81. The molecule has 8 nitrogen and oxygen atoms in total. The lowest BCUT2D eigenvalue weighted by Crippen LogP contribution is -2.36. The number of nitrogens with zero attached hydrogens (tertiary/aromatic N) is 2. The largest absolute Gasteiger partial charge is 0.490 e. The molecule has 1 atom stereocenters. The number of thiophene rings is 1. The summed E-state index contributed by atoms with van der Waals surface area (Å²) in [5.74, 6) is 0.0208. The van der Waals surface area contributed by atoms with Gasteiger partial charge in [0.05, 0.1) is 23.0 Å². The highest BCUT2D eigenvalue weighted by Gasteiger charge is 2.27. The number of nitrogens with one attached hydrogen (secondary N) is 1. The molecule has 0 aliphatic carbocycles. The first-order valence-electron chi connectivity index (χ1n) is 8.52. The van der Waals surface area contributed by atoms with Crippen LogP contribution in [0.3, 0.4) is 0 Å². The van der Waals surface area contributed by atoms with E-state index in [4.69, 9.17) is 4.74 Å². The highest BCUT2D eigenvalue weighted by Crippen LogP contribution is 2.31. The molecule has 1 aromatic heterocycles. The molecular weight excluding hydrogens is 390 g/mol. The van der Waals surface area contributed by atoms with Crippen molar-refractivity contribution < 1.29 is 18.1 Å². The van der Waals surface area contributed by atoms with E-state index in [1.54, 1.807) is 11.3 Å². The van der Waals surface area contributed by atoms with Gasteiger partial charge in [-0.25, -0.2) is 13.1 Å². The van der Waals surface area contributed by atoms with E-state index in [-0.39, 0.29) is 28.9 Å². The fourth-order valence-electron chi connectivity index (χ4n) is 3.20. The van der Waals surface area contributed by atoms with Gasteiger partial charge in [-0.15, -0.1) is 11.3 Å². The quantitative estimate of drug-likeness (QED) is 0.529. The number of hydrogen-bond acceptors (Lipinski definition) is 7. The molecule has 2 heterocycles. The molecule has 0 saturated carbocycles. The summed E-state index contributed by atoms with van der Waals surface area (Å²) in [6.45, 7) is 2.07. The van der Waals surface area contributed by atoms with Gasteiger partial charge in [0.15, 0.2) is 5.75 Å². The van der Waals surface area contributed by atoms with Gasteiger partial charge in [0.25, 0.3) is 0 Å². The van der Waals surface area contributed by atoms with E-state index in [2.05, 4.69) is 9.62 Å². The molecule has 2 aromatic rings. The van der Waals surface area contributed by atoms with Crippen LogP contribution < -0.4 is 9.46 Å². The van der Waals surface area contributed by atoms with E-state index in [0.29, 0.717) is 0 Å². The van der Waals surface area contributed by atoms with Crippen molar-refractivity contribution in [3.8, 4) is 5.75 Å². The minimum Gasteiger partial charge on any atom is -0.490 e. The molecule has 1 aliphatic heterocycles. The summed E-state index contributed by atoms with van der Waals surface area (Å²) in [7, 11) is -2.59. The second-order valence-corrected chi connectivity index (χ2v) is 8.96. The van der Waals surface area contributed by atoms with Gasteiger partial charge >= 0.3 is 5.69 Å². The molecule has 1 saturated heterocycles. The fraction of sp³-hybridized carbons (Fsp3) is 0.412. The molecule has 3 rings (SSSR count). The van der Waals surface area contributed by atoms with Crippen LogP contribution in [0, 0.1) is 10.1 Å². The minimum atomic E-state index is -3.89. The van der Waals surface area contributed by atoms with Gasteiger partial charge in [0.2, 0.25) is 10.0 Å². The summed E-state index contributed by atoms with van der Waals surface area (Å²) < 4.78 is 33.0. The molecular formula is C17H21N3O5S2. The van der Waals surface area contributed by atoms with E-state index < -0.39 is 14.9 Å². The van der Waals surface area contributed by atoms with Crippen LogP contribution in [0.25, 0.3) is 0 Å². The summed E-state index contributed by atoms with van der Waals surface area (Å²) in [5, 5.41) is 13.1. The Hall–Kier alpha value is -2.01. The van der Waals surface area contributed by atoms with Crippen LogP contribution >= 0.6 is 11.3 Å². The van der Waals surface area contributed by atoms with Gasteiger partial charge in [-0.1, -0.05) is 6.07 Å². The molecule has 146 valence electrons. The molecule has 1 N–H and O–H groups in total. The van der Waals surface area contributed by atoms with Crippen LogP contribution in [0.5, 0.6) is 5.75 Å². The van der Waals surface area contributed by atoms with E-state index in [1.807, 2.05) is 17.5 Å². The standard InChI is InChI=1S/C17H21N3O5S2/c1-25-16-7-6-13(11-14(16)20(21)22)27(23,24)18-12-15(17-5-4-10-26-17)19-8-2-3-9-19/h4-7,10-11,15,18H,2-3,8-9,12H2,1H3. The number of methoxy groups -OCH3 is 1. The van der Waals surface area contributed by atoms with Crippen LogP contribution in [0.2, 0.25) is 0 Å². The third-order valence-corrected chi connectivity index (χ3v) is 6.97. The number of benzene rings is 1. The normalized spacial score (nSPS) is 16.3. The van der Waals surface area contributed by atoms with Crippen LogP contribution in [-0.2, 0) is 10.0 Å². The molecule has 1 fully saturated rings. The van der Waals surface area contributed by atoms with E-state index in [1.165, 1.54) is 19.2 Å². The van der Waals surface area contributed by atoms with Crippen molar-refractivity contribution in [3.05, 3.63) is 50.7 Å². The van der Waals surface area contributed by atoms with Crippen molar-refractivity contribution >= 4 is 27.0 Å². The predicted octanol–water partition coefficient (Wildman–Crippen LogP) is 2.78. The lowest BCUT2D eigenvalue weighted by molar-refractivity contribution is -0.386. The monoisotopic (exact) mass is 411 g/mol. The maximum Gasteiger partial charge on any atom is 0.312 e. The number of rotatable bonds is 8. The Labute approximate surface area is 162 Å². The molecule has 0 amide bonds. The molecule has 1 unspecified atom stereocenters. The van der Waals surface area contributed by atoms with Crippen LogP contribution in [-0.4, -0.2) is 45.0 Å². The number of likely N-dealkylation sites (tertiary alicyclic amines) is 1. The molecule has 27 heavy (non-hydrogen) atoms. The van der Waals surface area contributed by atoms with Crippen molar-refractivity contribution in [1.29, 1.82) is 0 Å². The lowest BCUT2D eigenvalue weighted by Gasteiger charge is -2.26. The Morgan fingerprint density at radius 3 is 2.67 bits per heavy atom. The summed E-state index contributed by atoms with van der Waals surface area (Å²) in [6, 6.07) is 7.53. The first-order chi connectivity index (χ1) is 12.9. The van der Waals surface area contributed by atoms with Crippen molar-refractivity contribution in [2.24, 2.45) is 0 Å².